The van der Waals surface area contributed by atoms with Crippen LogP contribution in [0.5, 0.6) is 0 Å². The van der Waals surface area contributed by atoms with Gasteiger partial charge in [-0.2, -0.15) is 9.78 Å². The number of aryl methyl sites for hydroxylation is 1. The molecule has 0 aliphatic carbocycles. The first kappa shape index (κ1) is 11.3. The molecule has 4 nitrogen and oxygen atoms in total. The van der Waals surface area contributed by atoms with Crippen molar-refractivity contribution in [2.75, 3.05) is 5.73 Å². The molecule has 0 aliphatic rings. The number of nitrogens with two attached hydrogens (primary N) is 1. The molecular formula is C11H9F2N3O. The van der Waals surface area contributed by atoms with Gasteiger partial charge in [0.05, 0.1) is 5.69 Å². The number of hydrogen-bond acceptors (Lipinski definition) is 3. The lowest BCUT2D eigenvalue weighted by Gasteiger charge is -2.03. The molecule has 1 aromatic heterocycles. The number of carbonyl (C=O) groups is 1. The Balaban J connectivity index is 2.47. The number of nitrogen functional groups attached to an aromatic ring is 1. The zero-order chi connectivity index (χ0) is 12.6. The molecule has 0 fully saturated rings. The van der Waals surface area contributed by atoms with Crippen LogP contribution in [0.3, 0.4) is 0 Å². The molecule has 0 aliphatic heterocycles. The van der Waals surface area contributed by atoms with Gasteiger partial charge in [0.2, 0.25) is 0 Å². The van der Waals surface area contributed by atoms with Gasteiger partial charge < -0.3 is 5.73 Å². The zero-order valence-electron chi connectivity index (χ0n) is 8.95. The summed E-state index contributed by atoms with van der Waals surface area (Å²) in [5, 5.41) is 3.84. The fourth-order valence-corrected chi connectivity index (χ4v) is 1.48. The van der Waals surface area contributed by atoms with E-state index in [-0.39, 0.29) is 11.4 Å². The highest BCUT2D eigenvalue weighted by atomic mass is 19.1. The van der Waals surface area contributed by atoms with E-state index in [2.05, 4.69) is 5.10 Å². The molecule has 0 atom stereocenters. The quantitative estimate of drug-likeness (QED) is 0.821. The minimum atomic E-state index is -0.823. The molecule has 1 aromatic carbocycles. The standard InChI is InChI=1S/C11H9F2N3O/c1-6-2-10(14)16(15-6)11(17)7-3-8(12)5-9(13)4-7/h2-5H,14H2,1H3. The molecule has 0 amide bonds. The zero-order valence-corrected chi connectivity index (χ0v) is 8.95. The highest BCUT2D eigenvalue weighted by molar-refractivity contribution is 5.97. The fraction of sp³-hybridized carbons (Fsp3) is 0.0909. The molecule has 1 heterocycles. The number of hydrogen-bond donors (Lipinski definition) is 1. The van der Waals surface area contributed by atoms with Gasteiger partial charge in [0.15, 0.2) is 0 Å². The van der Waals surface area contributed by atoms with Crippen LogP contribution in [0, 0.1) is 18.6 Å². The van der Waals surface area contributed by atoms with Crippen molar-refractivity contribution in [1.82, 2.24) is 9.78 Å². The Morgan fingerprint density at radius 3 is 2.29 bits per heavy atom. The second-order valence-electron chi connectivity index (χ2n) is 3.59. The van der Waals surface area contributed by atoms with E-state index in [0.29, 0.717) is 11.8 Å². The van der Waals surface area contributed by atoms with Gasteiger partial charge in [0.1, 0.15) is 17.5 Å². The molecule has 0 spiro atoms. The van der Waals surface area contributed by atoms with Gasteiger partial charge in [-0.25, -0.2) is 8.78 Å². The maximum atomic E-state index is 13.0. The third kappa shape index (κ3) is 2.15. The van der Waals surface area contributed by atoms with Crippen LogP contribution in [0.4, 0.5) is 14.6 Å². The average molecular weight is 237 g/mol. The second kappa shape index (κ2) is 3.97. The van der Waals surface area contributed by atoms with E-state index in [9.17, 15) is 13.6 Å². The third-order valence-corrected chi connectivity index (χ3v) is 2.16. The maximum Gasteiger partial charge on any atom is 0.280 e. The number of anilines is 1. The van der Waals surface area contributed by atoms with E-state index >= 15 is 0 Å². The predicted octanol–water partition coefficient (Wildman–Crippen LogP) is 1.74. The average Bonchev–Trinajstić information content (AvgIpc) is 2.55. The van der Waals surface area contributed by atoms with Crippen molar-refractivity contribution in [2.24, 2.45) is 0 Å². The van der Waals surface area contributed by atoms with Gasteiger partial charge in [0, 0.05) is 17.7 Å². The SMILES string of the molecule is Cc1cc(N)n(C(=O)c2cc(F)cc(F)c2)n1. The number of carbonyl (C=O) groups excluding carboxylic acids is 1. The molecule has 0 saturated heterocycles. The van der Waals surface area contributed by atoms with E-state index in [1.165, 1.54) is 6.07 Å². The molecule has 88 valence electrons. The Hall–Kier alpha value is -2.24. The van der Waals surface area contributed by atoms with Crippen molar-refractivity contribution in [3.63, 3.8) is 0 Å². The lowest BCUT2D eigenvalue weighted by atomic mass is 10.2. The molecule has 0 radical (unpaired) electrons. The summed E-state index contributed by atoms with van der Waals surface area (Å²) in [6, 6.07) is 4.05. The normalized spacial score (nSPS) is 10.5. The number of halogens is 2. The highest BCUT2D eigenvalue weighted by Gasteiger charge is 2.15. The lowest BCUT2D eigenvalue weighted by Crippen LogP contribution is -2.16. The van der Waals surface area contributed by atoms with Crippen molar-refractivity contribution in [3.05, 3.63) is 47.2 Å². The fourth-order valence-electron chi connectivity index (χ4n) is 1.48. The van der Waals surface area contributed by atoms with E-state index in [1.54, 1.807) is 6.92 Å². The van der Waals surface area contributed by atoms with Gasteiger partial charge in [-0.15, -0.1) is 0 Å². The Kier molecular flexibility index (Phi) is 2.63. The van der Waals surface area contributed by atoms with Gasteiger partial charge in [-0.3, -0.25) is 4.79 Å². The Morgan fingerprint density at radius 2 is 1.82 bits per heavy atom. The highest BCUT2D eigenvalue weighted by Crippen LogP contribution is 2.12. The lowest BCUT2D eigenvalue weighted by molar-refractivity contribution is 0.0946. The number of benzene rings is 1. The molecule has 0 saturated carbocycles. The van der Waals surface area contributed by atoms with Crippen molar-refractivity contribution < 1.29 is 13.6 Å². The van der Waals surface area contributed by atoms with Crippen LogP contribution in [-0.2, 0) is 0 Å². The van der Waals surface area contributed by atoms with Crippen LogP contribution in [0.15, 0.2) is 24.3 Å². The first-order valence-corrected chi connectivity index (χ1v) is 4.80. The second-order valence-corrected chi connectivity index (χ2v) is 3.59. The number of nitrogens with zero attached hydrogens (tertiary/aromatic N) is 2. The van der Waals surface area contributed by atoms with E-state index in [1.807, 2.05) is 0 Å². The number of aromatic nitrogens is 2. The largest absolute Gasteiger partial charge is 0.383 e. The molecule has 2 N–H and O–H groups in total. The summed E-state index contributed by atoms with van der Waals surface area (Å²) in [4.78, 5) is 11.9. The van der Waals surface area contributed by atoms with Crippen LogP contribution in [0.2, 0.25) is 0 Å². The monoisotopic (exact) mass is 237 g/mol. The van der Waals surface area contributed by atoms with E-state index < -0.39 is 17.5 Å². The Bertz CT molecular complexity index is 572. The summed E-state index contributed by atoms with van der Waals surface area (Å²) >= 11 is 0. The molecule has 2 aromatic rings. The summed E-state index contributed by atoms with van der Waals surface area (Å²) in [5.74, 6) is -2.20. The van der Waals surface area contributed by atoms with E-state index in [4.69, 9.17) is 5.73 Å². The summed E-state index contributed by atoms with van der Waals surface area (Å²) in [5.41, 5.74) is 5.96. The van der Waals surface area contributed by atoms with Crippen LogP contribution in [0.25, 0.3) is 0 Å². The molecule has 0 bridgehead atoms. The van der Waals surface area contributed by atoms with Crippen molar-refractivity contribution in [1.29, 1.82) is 0 Å². The topological polar surface area (TPSA) is 60.9 Å². The molecule has 2 rings (SSSR count). The maximum absolute atomic E-state index is 13.0. The van der Waals surface area contributed by atoms with Crippen molar-refractivity contribution in [2.45, 2.75) is 6.92 Å². The van der Waals surface area contributed by atoms with Crippen molar-refractivity contribution in [3.8, 4) is 0 Å². The summed E-state index contributed by atoms with van der Waals surface area (Å²) in [6.45, 7) is 1.66. The minimum Gasteiger partial charge on any atom is -0.383 e. The van der Waals surface area contributed by atoms with Crippen LogP contribution in [-0.4, -0.2) is 15.7 Å². The Labute approximate surface area is 95.7 Å². The summed E-state index contributed by atoms with van der Waals surface area (Å²) < 4.78 is 26.8. The number of rotatable bonds is 1. The van der Waals surface area contributed by atoms with E-state index in [0.717, 1.165) is 16.8 Å². The molecule has 6 heteroatoms. The smallest absolute Gasteiger partial charge is 0.280 e. The molecule has 0 unspecified atom stereocenters. The van der Waals surface area contributed by atoms with Gasteiger partial charge in [-0.1, -0.05) is 0 Å². The molecular weight excluding hydrogens is 228 g/mol. The van der Waals surface area contributed by atoms with Gasteiger partial charge in [-0.05, 0) is 19.1 Å². The minimum absolute atomic E-state index is 0.122. The first-order chi connectivity index (χ1) is 7.97. The third-order valence-electron chi connectivity index (χ3n) is 2.16. The predicted molar refractivity (Wildman–Crippen MR) is 57.5 cm³/mol. The summed E-state index contributed by atoms with van der Waals surface area (Å²) in [7, 11) is 0. The van der Waals surface area contributed by atoms with Crippen molar-refractivity contribution >= 4 is 11.7 Å². The van der Waals surface area contributed by atoms with Gasteiger partial charge in [0.25, 0.3) is 5.91 Å². The van der Waals surface area contributed by atoms with Gasteiger partial charge >= 0.3 is 0 Å². The molecule has 17 heavy (non-hydrogen) atoms. The summed E-state index contributed by atoms with van der Waals surface area (Å²) in [6.07, 6.45) is 0. The van der Waals surface area contributed by atoms with Crippen LogP contribution < -0.4 is 5.73 Å². The first-order valence-electron chi connectivity index (χ1n) is 4.80. The Morgan fingerprint density at radius 1 is 1.24 bits per heavy atom. The van der Waals surface area contributed by atoms with Crippen LogP contribution >= 0.6 is 0 Å². The van der Waals surface area contributed by atoms with Crippen LogP contribution in [0.1, 0.15) is 16.1 Å².